The summed E-state index contributed by atoms with van der Waals surface area (Å²) in [6, 6.07) is 3.56. The first-order chi connectivity index (χ1) is 10.9. The molecule has 1 atom stereocenters. The molecule has 1 aromatic rings. The van der Waals surface area contributed by atoms with E-state index in [4.69, 9.17) is 5.73 Å². The fourth-order valence-electron chi connectivity index (χ4n) is 3.09. The first kappa shape index (κ1) is 15.7. The zero-order valence-electron chi connectivity index (χ0n) is 12.6. The normalized spacial score (nSPS) is 22.5. The molecule has 3 rings (SSSR count). The van der Waals surface area contributed by atoms with Crippen LogP contribution in [0, 0.1) is 17.0 Å². The van der Waals surface area contributed by atoms with E-state index in [1.165, 1.54) is 6.07 Å². The van der Waals surface area contributed by atoms with Gasteiger partial charge in [-0.15, -0.1) is 0 Å². The molecule has 3 N–H and O–H groups in total. The Labute approximate surface area is 132 Å². The van der Waals surface area contributed by atoms with Crippen LogP contribution in [0.15, 0.2) is 18.2 Å². The van der Waals surface area contributed by atoms with Gasteiger partial charge in [0.2, 0.25) is 11.8 Å². The molecule has 0 radical (unpaired) electrons. The summed E-state index contributed by atoms with van der Waals surface area (Å²) < 4.78 is 26.2. The molecule has 2 amide bonds. The molecule has 1 saturated heterocycles. The van der Waals surface area contributed by atoms with Crippen LogP contribution in [0.5, 0.6) is 0 Å². The Hall–Kier alpha value is -2.18. The first-order valence-electron chi connectivity index (χ1n) is 7.73. The van der Waals surface area contributed by atoms with Crippen molar-refractivity contribution in [2.75, 3.05) is 18.4 Å². The van der Waals surface area contributed by atoms with E-state index < -0.39 is 23.0 Å². The number of benzene rings is 1. The highest BCUT2D eigenvalue weighted by Gasteiger charge is 2.57. The van der Waals surface area contributed by atoms with Crippen LogP contribution < -0.4 is 11.1 Å². The maximum Gasteiger partial charge on any atom is 0.238 e. The third kappa shape index (κ3) is 3.00. The van der Waals surface area contributed by atoms with E-state index >= 15 is 0 Å². The molecule has 5 nitrogen and oxygen atoms in total. The number of carbonyl (C=O) groups is 2. The molecule has 2 fully saturated rings. The highest BCUT2D eigenvalue weighted by Crippen LogP contribution is 2.47. The van der Waals surface area contributed by atoms with Crippen LogP contribution in [-0.4, -0.2) is 35.8 Å². The number of nitrogens with two attached hydrogens (primary N) is 1. The predicted octanol–water partition coefficient (Wildman–Crippen LogP) is 1.63. The van der Waals surface area contributed by atoms with Crippen molar-refractivity contribution < 1.29 is 18.4 Å². The summed E-state index contributed by atoms with van der Waals surface area (Å²) in [5.41, 5.74) is 4.81. The molecule has 0 bridgehead atoms. The average molecular weight is 323 g/mol. The monoisotopic (exact) mass is 323 g/mol. The standard InChI is InChI=1S/C16H19F2N3O2/c17-12-4-3-10(8-13(12)18)20-11-2-1-7-21(9-11)15(23)16(5-6-16)14(19)22/h3-4,8,11,20H,1-2,5-7,9H2,(H2,19,22)/t11-/m0/s1. The van der Waals surface area contributed by atoms with Crippen molar-refractivity contribution in [2.24, 2.45) is 11.1 Å². The SMILES string of the molecule is NC(=O)C1(C(=O)N2CCC[C@H](Nc3ccc(F)c(F)c3)C2)CC1. The fourth-order valence-corrected chi connectivity index (χ4v) is 3.09. The van der Waals surface area contributed by atoms with E-state index in [0.29, 0.717) is 31.6 Å². The highest BCUT2D eigenvalue weighted by molar-refractivity contribution is 6.07. The van der Waals surface area contributed by atoms with Crippen LogP contribution >= 0.6 is 0 Å². The summed E-state index contributed by atoms with van der Waals surface area (Å²) in [7, 11) is 0. The highest BCUT2D eigenvalue weighted by atomic mass is 19.2. The lowest BCUT2D eigenvalue weighted by molar-refractivity contribution is -0.143. The number of halogens is 2. The molecule has 0 aromatic heterocycles. The van der Waals surface area contributed by atoms with Crippen molar-refractivity contribution in [3.63, 3.8) is 0 Å². The van der Waals surface area contributed by atoms with Crippen LogP contribution in [-0.2, 0) is 9.59 Å². The van der Waals surface area contributed by atoms with Crippen molar-refractivity contribution in [1.29, 1.82) is 0 Å². The lowest BCUT2D eigenvalue weighted by Crippen LogP contribution is -2.50. The maximum atomic E-state index is 13.3. The van der Waals surface area contributed by atoms with Crippen LogP contribution in [0.2, 0.25) is 0 Å². The zero-order chi connectivity index (χ0) is 16.6. The van der Waals surface area contributed by atoms with E-state index in [-0.39, 0.29) is 11.9 Å². The maximum absolute atomic E-state index is 13.3. The molecule has 23 heavy (non-hydrogen) atoms. The second kappa shape index (κ2) is 5.79. The van der Waals surface area contributed by atoms with Crippen LogP contribution in [0.25, 0.3) is 0 Å². The topological polar surface area (TPSA) is 75.4 Å². The number of rotatable bonds is 4. The number of carbonyl (C=O) groups excluding carboxylic acids is 2. The van der Waals surface area contributed by atoms with E-state index in [0.717, 1.165) is 25.0 Å². The molecule has 1 saturated carbocycles. The van der Waals surface area contributed by atoms with Gasteiger partial charge in [0.25, 0.3) is 0 Å². The van der Waals surface area contributed by atoms with Crippen molar-refractivity contribution in [3.05, 3.63) is 29.8 Å². The second-order valence-electron chi connectivity index (χ2n) is 6.31. The predicted molar refractivity (Wildman–Crippen MR) is 80.4 cm³/mol. The number of hydrogen-bond acceptors (Lipinski definition) is 3. The number of nitrogens with one attached hydrogen (secondary N) is 1. The Kier molecular flexibility index (Phi) is 3.95. The molecule has 7 heteroatoms. The van der Waals surface area contributed by atoms with Gasteiger partial charge in [-0.25, -0.2) is 8.78 Å². The van der Waals surface area contributed by atoms with Gasteiger partial charge in [0, 0.05) is 30.9 Å². The molecule has 1 aliphatic heterocycles. The molecular formula is C16H19F2N3O2. The molecule has 2 aliphatic rings. The Morgan fingerprint density at radius 2 is 2.00 bits per heavy atom. The number of anilines is 1. The van der Waals surface area contributed by atoms with Gasteiger partial charge >= 0.3 is 0 Å². The Bertz CT molecular complexity index is 646. The largest absolute Gasteiger partial charge is 0.380 e. The van der Waals surface area contributed by atoms with Gasteiger partial charge in [0.15, 0.2) is 11.6 Å². The summed E-state index contributed by atoms with van der Waals surface area (Å²) in [6.45, 7) is 1.01. The molecule has 124 valence electrons. The van der Waals surface area contributed by atoms with Gasteiger partial charge in [0.1, 0.15) is 5.41 Å². The van der Waals surface area contributed by atoms with Crippen LogP contribution in [0.4, 0.5) is 14.5 Å². The van der Waals surface area contributed by atoms with Crippen molar-refractivity contribution in [3.8, 4) is 0 Å². The molecule has 0 spiro atoms. The van der Waals surface area contributed by atoms with Crippen molar-refractivity contribution in [2.45, 2.75) is 31.7 Å². The first-order valence-corrected chi connectivity index (χ1v) is 7.73. The lowest BCUT2D eigenvalue weighted by atomic mass is 10.00. The summed E-state index contributed by atoms with van der Waals surface area (Å²) >= 11 is 0. The Morgan fingerprint density at radius 1 is 1.26 bits per heavy atom. The summed E-state index contributed by atoms with van der Waals surface area (Å²) in [5.74, 6) is -2.57. The van der Waals surface area contributed by atoms with Crippen molar-refractivity contribution >= 4 is 17.5 Å². The number of piperidine rings is 1. The van der Waals surface area contributed by atoms with Crippen LogP contribution in [0.3, 0.4) is 0 Å². The lowest BCUT2D eigenvalue weighted by Gasteiger charge is -2.35. The van der Waals surface area contributed by atoms with E-state index in [1.807, 2.05) is 0 Å². The Morgan fingerprint density at radius 3 is 2.61 bits per heavy atom. The van der Waals surface area contributed by atoms with Crippen LogP contribution in [0.1, 0.15) is 25.7 Å². The third-order valence-corrected chi connectivity index (χ3v) is 4.63. The minimum Gasteiger partial charge on any atom is -0.380 e. The Balaban J connectivity index is 1.65. The fraction of sp³-hybridized carbons (Fsp3) is 0.500. The number of amides is 2. The summed E-state index contributed by atoms with van der Waals surface area (Å²) in [4.78, 5) is 25.7. The number of likely N-dealkylation sites (tertiary alicyclic amines) is 1. The molecular weight excluding hydrogens is 304 g/mol. The third-order valence-electron chi connectivity index (χ3n) is 4.63. The average Bonchev–Trinajstić information content (AvgIpc) is 3.32. The second-order valence-corrected chi connectivity index (χ2v) is 6.31. The molecule has 1 heterocycles. The zero-order valence-corrected chi connectivity index (χ0v) is 12.6. The van der Waals surface area contributed by atoms with Gasteiger partial charge < -0.3 is 16.0 Å². The van der Waals surface area contributed by atoms with Gasteiger partial charge in [-0.2, -0.15) is 0 Å². The molecule has 1 aromatic carbocycles. The van der Waals surface area contributed by atoms with Gasteiger partial charge in [-0.05, 0) is 37.8 Å². The number of primary amides is 1. The number of hydrogen-bond donors (Lipinski definition) is 2. The smallest absolute Gasteiger partial charge is 0.238 e. The molecule has 1 aliphatic carbocycles. The minimum atomic E-state index is -1.01. The summed E-state index contributed by atoms with van der Waals surface area (Å²) in [6.07, 6.45) is 2.62. The summed E-state index contributed by atoms with van der Waals surface area (Å²) in [5, 5.41) is 3.12. The van der Waals surface area contributed by atoms with E-state index in [9.17, 15) is 18.4 Å². The molecule has 0 unspecified atom stereocenters. The van der Waals surface area contributed by atoms with Crippen molar-refractivity contribution in [1.82, 2.24) is 4.90 Å². The van der Waals surface area contributed by atoms with Gasteiger partial charge in [0.05, 0.1) is 0 Å². The van der Waals surface area contributed by atoms with E-state index in [2.05, 4.69) is 5.32 Å². The van der Waals surface area contributed by atoms with Gasteiger partial charge in [-0.3, -0.25) is 9.59 Å². The van der Waals surface area contributed by atoms with Gasteiger partial charge in [-0.1, -0.05) is 0 Å². The quantitative estimate of drug-likeness (QED) is 0.827. The van der Waals surface area contributed by atoms with E-state index in [1.54, 1.807) is 4.90 Å². The number of nitrogens with zero attached hydrogens (tertiary/aromatic N) is 1. The minimum absolute atomic E-state index is 0.0683.